The zero-order valence-corrected chi connectivity index (χ0v) is 10.7. The van der Waals surface area contributed by atoms with Gasteiger partial charge in [-0.2, -0.15) is 13.2 Å². The first-order valence-electron chi connectivity index (χ1n) is 5.92. The van der Waals surface area contributed by atoms with Gasteiger partial charge in [-0.15, -0.1) is 0 Å². The van der Waals surface area contributed by atoms with Gasteiger partial charge in [0.1, 0.15) is 6.04 Å². The Hall–Kier alpha value is -0.330. The molecule has 0 aliphatic carbocycles. The SMILES string of the molecule is CC(C)(C)N1CCN(C(CN)C(F)(F)F)CC1. The van der Waals surface area contributed by atoms with E-state index in [9.17, 15) is 13.2 Å². The zero-order valence-electron chi connectivity index (χ0n) is 10.7. The molecule has 1 unspecified atom stereocenters. The molecule has 6 heteroatoms. The van der Waals surface area contributed by atoms with E-state index in [-0.39, 0.29) is 12.1 Å². The summed E-state index contributed by atoms with van der Waals surface area (Å²) in [4.78, 5) is 3.65. The molecule has 0 bridgehead atoms. The molecule has 1 aliphatic heterocycles. The van der Waals surface area contributed by atoms with Crippen LogP contribution in [0.3, 0.4) is 0 Å². The van der Waals surface area contributed by atoms with E-state index in [2.05, 4.69) is 25.7 Å². The Morgan fingerprint density at radius 2 is 1.53 bits per heavy atom. The Labute approximate surface area is 101 Å². The van der Waals surface area contributed by atoms with E-state index >= 15 is 0 Å². The van der Waals surface area contributed by atoms with Crippen molar-refractivity contribution in [2.24, 2.45) is 5.73 Å². The van der Waals surface area contributed by atoms with Crippen LogP contribution in [0.25, 0.3) is 0 Å². The molecule has 1 aliphatic rings. The highest BCUT2D eigenvalue weighted by Gasteiger charge is 2.43. The molecular weight excluding hydrogens is 231 g/mol. The van der Waals surface area contributed by atoms with Gasteiger partial charge < -0.3 is 5.73 Å². The Balaban J connectivity index is 2.57. The van der Waals surface area contributed by atoms with Crippen molar-refractivity contribution in [3.8, 4) is 0 Å². The topological polar surface area (TPSA) is 32.5 Å². The average Bonchev–Trinajstić information content (AvgIpc) is 2.16. The maximum absolute atomic E-state index is 12.7. The van der Waals surface area contributed by atoms with Crippen molar-refractivity contribution < 1.29 is 13.2 Å². The maximum Gasteiger partial charge on any atom is 0.405 e. The lowest BCUT2D eigenvalue weighted by Crippen LogP contribution is -2.60. The van der Waals surface area contributed by atoms with Crippen LogP contribution < -0.4 is 5.73 Å². The van der Waals surface area contributed by atoms with Gasteiger partial charge in [0.2, 0.25) is 0 Å². The number of alkyl halides is 3. The third-order valence-electron chi connectivity index (χ3n) is 3.30. The van der Waals surface area contributed by atoms with Crippen molar-refractivity contribution in [1.82, 2.24) is 9.80 Å². The number of nitrogens with zero attached hydrogens (tertiary/aromatic N) is 2. The van der Waals surface area contributed by atoms with Crippen LogP contribution in [0.2, 0.25) is 0 Å². The summed E-state index contributed by atoms with van der Waals surface area (Å²) < 4.78 is 38.1. The lowest BCUT2D eigenvalue weighted by molar-refractivity contribution is -0.185. The van der Waals surface area contributed by atoms with E-state index in [1.807, 2.05) is 0 Å². The highest BCUT2D eigenvalue weighted by Crippen LogP contribution is 2.26. The van der Waals surface area contributed by atoms with Crippen molar-refractivity contribution in [3.63, 3.8) is 0 Å². The molecule has 1 saturated heterocycles. The van der Waals surface area contributed by atoms with Gasteiger partial charge >= 0.3 is 6.18 Å². The summed E-state index contributed by atoms with van der Waals surface area (Å²) in [6, 6.07) is -1.50. The van der Waals surface area contributed by atoms with E-state index in [1.54, 1.807) is 0 Å². The Kier molecular flexibility index (Phi) is 4.43. The summed E-state index contributed by atoms with van der Waals surface area (Å²) in [6.45, 7) is 8.05. The Bertz CT molecular complexity index is 239. The second-order valence-corrected chi connectivity index (χ2v) is 5.49. The third kappa shape index (κ3) is 3.82. The van der Waals surface area contributed by atoms with Gasteiger partial charge in [-0.25, -0.2) is 0 Å². The summed E-state index contributed by atoms with van der Waals surface area (Å²) in [7, 11) is 0. The van der Waals surface area contributed by atoms with E-state index in [4.69, 9.17) is 5.73 Å². The van der Waals surface area contributed by atoms with Gasteiger partial charge in [0.15, 0.2) is 0 Å². The first-order chi connectivity index (χ1) is 7.66. The van der Waals surface area contributed by atoms with Crippen molar-refractivity contribution in [2.45, 2.75) is 38.5 Å². The number of hydrogen-bond acceptors (Lipinski definition) is 3. The van der Waals surface area contributed by atoms with Gasteiger partial charge in [-0.1, -0.05) is 0 Å². The summed E-state index contributed by atoms with van der Waals surface area (Å²) in [5, 5.41) is 0. The number of nitrogens with two attached hydrogens (primary N) is 1. The van der Waals surface area contributed by atoms with Gasteiger partial charge in [0, 0.05) is 38.3 Å². The summed E-state index contributed by atoms with van der Waals surface area (Å²) >= 11 is 0. The van der Waals surface area contributed by atoms with Gasteiger partial charge in [-0.05, 0) is 20.8 Å². The average molecular weight is 253 g/mol. The third-order valence-corrected chi connectivity index (χ3v) is 3.30. The standard InChI is InChI=1S/C11H22F3N3/c1-10(2,3)17-6-4-16(5-7-17)9(8-15)11(12,13)14/h9H,4-8,15H2,1-3H3. The molecular formula is C11H22F3N3. The van der Waals surface area contributed by atoms with Crippen LogP contribution in [-0.4, -0.2) is 60.3 Å². The molecule has 1 fully saturated rings. The monoisotopic (exact) mass is 253 g/mol. The molecule has 102 valence electrons. The largest absolute Gasteiger partial charge is 0.405 e. The van der Waals surface area contributed by atoms with E-state index in [1.165, 1.54) is 4.90 Å². The van der Waals surface area contributed by atoms with Crippen molar-refractivity contribution in [3.05, 3.63) is 0 Å². The molecule has 0 aromatic rings. The number of rotatable bonds is 2. The maximum atomic E-state index is 12.7. The lowest BCUT2D eigenvalue weighted by Gasteiger charge is -2.44. The molecule has 2 N–H and O–H groups in total. The van der Waals surface area contributed by atoms with Crippen LogP contribution in [-0.2, 0) is 0 Å². The highest BCUT2D eigenvalue weighted by atomic mass is 19.4. The van der Waals surface area contributed by atoms with Crippen LogP contribution in [0, 0.1) is 0 Å². The second-order valence-electron chi connectivity index (χ2n) is 5.49. The van der Waals surface area contributed by atoms with E-state index in [0.717, 1.165) is 0 Å². The number of halogens is 3. The van der Waals surface area contributed by atoms with Crippen LogP contribution in [0.1, 0.15) is 20.8 Å². The molecule has 0 radical (unpaired) electrons. The molecule has 3 nitrogen and oxygen atoms in total. The Morgan fingerprint density at radius 3 is 1.82 bits per heavy atom. The van der Waals surface area contributed by atoms with E-state index in [0.29, 0.717) is 26.2 Å². The smallest absolute Gasteiger partial charge is 0.329 e. The lowest BCUT2D eigenvalue weighted by atomic mass is 10.0. The highest BCUT2D eigenvalue weighted by molar-refractivity contribution is 4.87. The predicted molar refractivity (Wildman–Crippen MR) is 61.8 cm³/mol. The first kappa shape index (κ1) is 14.7. The van der Waals surface area contributed by atoms with Gasteiger partial charge in [-0.3, -0.25) is 9.80 Å². The molecule has 17 heavy (non-hydrogen) atoms. The predicted octanol–water partition coefficient (Wildman–Crippen LogP) is 1.29. The Morgan fingerprint density at radius 1 is 1.06 bits per heavy atom. The fourth-order valence-corrected chi connectivity index (χ4v) is 2.19. The summed E-state index contributed by atoms with van der Waals surface area (Å²) in [5.74, 6) is 0. The van der Waals surface area contributed by atoms with Crippen LogP contribution in [0.4, 0.5) is 13.2 Å². The fourth-order valence-electron chi connectivity index (χ4n) is 2.19. The minimum atomic E-state index is -4.22. The minimum Gasteiger partial charge on any atom is -0.329 e. The quantitative estimate of drug-likeness (QED) is 0.805. The molecule has 0 spiro atoms. The summed E-state index contributed by atoms with van der Waals surface area (Å²) in [5.41, 5.74) is 5.25. The van der Waals surface area contributed by atoms with Gasteiger partial charge in [0.25, 0.3) is 0 Å². The van der Waals surface area contributed by atoms with Crippen molar-refractivity contribution in [2.75, 3.05) is 32.7 Å². The molecule has 0 aromatic heterocycles. The first-order valence-corrected chi connectivity index (χ1v) is 5.92. The fraction of sp³-hybridized carbons (Fsp3) is 1.00. The molecule has 1 heterocycles. The van der Waals surface area contributed by atoms with Crippen LogP contribution in [0.15, 0.2) is 0 Å². The van der Waals surface area contributed by atoms with Crippen LogP contribution in [0.5, 0.6) is 0 Å². The molecule has 1 atom stereocenters. The minimum absolute atomic E-state index is 0.0164. The normalized spacial score (nSPS) is 22.8. The molecule has 0 amide bonds. The van der Waals surface area contributed by atoms with Gasteiger partial charge in [0.05, 0.1) is 0 Å². The van der Waals surface area contributed by atoms with Crippen LogP contribution >= 0.6 is 0 Å². The summed E-state index contributed by atoms with van der Waals surface area (Å²) in [6.07, 6.45) is -4.22. The van der Waals surface area contributed by atoms with E-state index < -0.39 is 12.2 Å². The molecule has 0 saturated carbocycles. The molecule has 1 rings (SSSR count). The van der Waals surface area contributed by atoms with Crippen molar-refractivity contribution in [1.29, 1.82) is 0 Å². The zero-order chi connectivity index (χ0) is 13.3. The number of piperazine rings is 1. The number of hydrogen-bond donors (Lipinski definition) is 1. The molecule has 0 aromatic carbocycles. The second kappa shape index (κ2) is 5.12. The van der Waals surface area contributed by atoms with Crippen molar-refractivity contribution >= 4 is 0 Å².